The molecule has 1 amide bonds. The Morgan fingerprint density at radius 3 is 2.67 bits per heavy atom. The lowest BCUT2D eigenvalue weighted by Crippen LogP contribution is -2.37. The number of carbonyl (C=O) groups is 1. The molecule has 90 valence electrons. The van der Waals surface area contributed by atoms with Gasteiger partial charge in [-0.25, -0.2) is 0 Å². The summed E-state index contributed by atoms with van der Waals surface area (Å²) in [5, 5.41) is 2.85. The van der Waals surface area contributed by atoms with Gasteiger partial charge in [0.05, 0.1) is 0 Å². The first-order chi connectivity index (χ1) is 7.02. The third kappa shape index (κ3) is 8.39. The van der Waals surface area contributed by atoms with Crippen LogP contribution >= 0.6 is 0 Å². The molecular formula is C11H24N2O2. The molecule has 0 unspecified atom stereocenters. The third-order valence-corrected chi connectivity index (χ3v) is 2.17. The first-order valence-corrected chi connectivity index (χ1v) is 5.56. The summed E-state index contributed by atoms with van der Waals surface area (Å²) in [5.41, 5.74) is 5.55. The molecule has 4 nitrogen and oxygen atoms in total. The summed E-state index contributed by atoms with van der Waals surface area (Å²) in [5.74, 6) is -0.0476. The van der Waals surface area contributed by atoms with Gasteiger partial charge in [-0.2, -0.15) is 0 Å². The highest BCUT2D eigenvalue weighted by molar-refractivity contribution is 5.77. The summed E-state index contributed by atoms with van der Waals surface area (Å²) in [6, 6.07) is 0. The monoisotopic (exact) mass is 216 g/mol. The minimum atomic E-state index is -0.0476. The fourth-order valence-electron chi connectivity index (χ4n) is 1.18. The molecule has 15 heavy (non-hydrogen) atoms. The van der Waals surface area contributed by atoms with Gasteiger partial charge < -0.3 is 15.8 Å². The fraction of sp³-hybridized carbons (Fsp3) is 0.909. The van der Waals surface area contributed by atoms with Crippen LogP contribution in [0, 0.1) is 5.41 Å². The zero-order chi connectivity index (χ0) is 11.7. The van der Waals surface area contributed by atoms with Crippen molar-refractivity contribution in [2.75, 3.05) is 26.3 Å². The maximum atomic E-state index is 11.3. The molecule has 0 saturated carbocycles. The summed E-state index contributed by atoms with van der Waals surface area (Å²) < 4.78 is 5.13. The van der Waals surface area contributed by atoms with E-state index in [1.54, 1.807) is 0 Å². The quantitative estimate of drug-likeness (QED) is 0.593. The normalized spacial score (nSPS) is 11.5. The average Bonchev–Trinajstić information content (AvgIpc) is 2.15. The molecule has 0 atom stereocenters. The number of nitrogens with two attached hydrogens (primary N) is 1. The van der Waals surface area contributed by atoms with Gasteiger partial charge in [0.1, 0.15) is 6.61 Å². The molecular weight excluding hydrogens is 192 g/mol. The topological polar surface area (TPSA) is 64.3 Å². The second-order valence-electron chi connectivity index (χ2n) is 4.53. The standard InChI is InChI=1S/C11H24N2O2/c1-4-7-15-8-10(14)13-9-11(2,3)5-6-12/h4-9,12H2,1-3H3,(H,13,14). The average molecular weight is 216 g/mol. The Labute approximate surface area is 92.6 Å². The molecule has 0 aromatic carbocycles. The van der Waals surface area contributed by atoms with Crippen LogP contribution < -0.4 is 11.1 Å². The third-order valence-electron chi connectivity index (χ3n) is 2.17. The molecule has 0 spiro atoms. The minimum absolute atomic E-state index is 0.0476. The van der Waals surface area contributed by atoms with Crippen LogP contribution in [0.5, 0.6) is 0 Å². The van der Waals surface area contributed by atoms with Gasteiger partial charge in [0.15, 0.2) is 0 Å². The van der Waals surface area contributed by atoms with E-state index < -0.39 is 0 Å². The van der Waals surface area contributed by atoms with E-state index in [0.717, 1.165) is 12.8 Å². The van der Waals surface area contributed by atoms with E-state index >= 15 is 0 Å². The predicted octanol–water partition coefficient (Wildman–Crippen LogP) is 0.904. The predicted molar refractivity (Wildman–Crippen MR) is 61.6 cm³/mol. The first kappa shape index (κ1) is 14.4. The highest BCUT2D eigenvalue weighted by Crippen LogP contribution is 2.17. The van der Waals surface area contributed by atoms with Gasteiger partial charge in [-0.3, -0.25) is 4.79 Å². The number of carbonyl (C=O) groups excluding carboxylic acids is 1. The zero-order valence-electron chi connectivity index (χ0n) is 10.1. The summed E-state index contributed by atoms with van der Waals surface area (Å²) in [6.45, 7) is 8.29. The van der Waals surface area contributed by atoms with E-state index in [2.05, 4.69) is 19.2 Å². The van der Waals surface area contributed by atoms with Gasteiger partial charge in [0.2, 0.25) is 5.91 Å². The molecule has 0 aromatic heterocycles. The molecule has 0 heterocycles. The SMILES string of the molecule is CCCOCC(=O)NCC(C)(C)CCN. The maximum Gasteiger partial charge on any atom is 0.246 e. The second kappa shape index (κ2) is 7.65. The van der Waals surface area contributed by atoms with Crippen LogP contribution in [-0.4, -0.2) is 32.2 Å². The van der Waals surface area contributed by atoms with Gasteiger partial charge in [-0.15, -0.1) is 0 Å². The molecule has 4 heteroatoms. The molecule has 0 aliphatic heterocycles. The van der Waals surface area contributed by atoms with Crippen LogP contribution in [0.15, 0.2) is 0 Å². The van der Waals surface area contributed by atoms with Crippen molar-refractivity contribution >= 4 is 5.91 Å². The van der Waals surface area contributed by atoms with E-state index in [1.807, 2.05) is 6.92 Å². The Morgan fingerprint density at radius 1 is 1.47 bits per heavy atom. The van der Waals surface area contributed by atoms with E-state index in [1.165, 1.54) is 0 Å². The van der Waals surface area contributed by atoms with Crippen LogP contribution in [0.25, 0.3) is 0 Å². The van der Waals surface area contributed by atoms with Crippen LogP contribution in [0.4, 0.5) is 0 Å². The number of nitrogens with one attached hydrogen (secondary N) is 1. The van der Waals surface area contributed by atoms with Crippen molar-refractivity contribution in [2.45, 2.75) is 33.6 Å². The number of rotatable bonds is 8. The Kier molecular flexibility index (Phi) is 7.34. The summed E-state index contributed by atoms with van der Waals surface area (Å²) in [6.07, 6.45) is 1.84. The highest BCUT2D eigenvalue weighted by atomic mass is 16.5. The van der Waals surface area contributed by atoms with E-state index in [-0.39, 0.29) is 17.9 Å². The van der Waals surface area contributed by atoms with Gasteiger partial charge in [-0.1, -0.05) is 20.8 Å². The van der Waals surface area contributed by atoms with Crippen molar-refractivity contribution in [1.29, 1.82) is 0 Å². The molecule has 0 rings (SSSR count). The van der Waals surface area contributed by atoms with Gasteiger partial charge >= 0.3 is 0 Å². The van der Waals surface area contributed by atoms with Crippen LogP contribution in [0.2, 0.25) is 0 Å². The largest absolute Gasteiger partial charge is 0.372 e. The Morgan fingerprint density at radius 2 is 2.13 bits per heavy atom. The van der Waals surface area contributed by atoms with E-state index in [4.69, 9.17) is 10.5 Å². The van der Waals surface area contributed by atoms with Crippen molar-refractivity contribution in [3.63, 3.8) is 0 Å². The van der Waals surface area contributed by atoms with Crippen molar-refractivity contribution < 1.29 is 9.53 Å². The minimum Gasteiger partial charge on any atom is -0.372 e. The molecule has 0 bridgehead atoms. The molecule has 0 aromatic rings. The second-order valence-corrected chi connectivity index (χ2v) is 4.53. The molecule has 0 aliphatic carbocycles. The van der Waals surface area contributed by atoms with Crippen molar-refractivity contribution in [1.82, 2.24) is 5.32 Å². The van der Waals surface area contributed by atoms with Crippen LogP contribution in [0.3, 0.4) is 0 Å². The molecule has 0 saturated heterocycles. The van der Waals surface area contributed by atoms with Crippen LogP contribution in [-0.2, 0) is 9.53 Å². The number of hydrogen-bond acceptors (Lipinski definition) is 3. The molecule has 0 aliphatic rings. The lowest BCUT2D eigenvalue weighted by Gasteiger charge is -2.24. The van der Waals surface area contributed by atoms with Gasteiger partial charge in [-0.05, 0) is 24.8 Å². The Balaban J connectivity index is 3.60. The molecule has 0 fully saturated rings. The summed E-state index contributed by atoms with van der Waals surface area (Å²) in [4.78, 5) is 11.3. The fourth-order valence-corrected chi connectivity index (χ4v) is 1.18. The van der Waals surface area contributed by atoms with Gasteiger partial charge in [0, 0.05) is 13.2 Å². The first-order valence-electron chi connectivity index (χ1n) is 5.56. The lowest BCUT2D eigenvalue weighted by molar-refractivity contribution is -0.126. The van der Waals surface area contributed by atoms with Crippen LogP contribution in [0.1, 0.15) is 33.6 Å². The highest BCUT2D eigenvalue weighted by Gasteiger charge is 2.17. The molecule has 0 radical (unpaired) electrons. The number of ether oxygens (including phenoxy) is 1. The van der Waals surface area contributed by atoms with Gasteiger partial charge in [0.25, 0.3) is 0 Å². The summed E-state index contributed by atoms with van der Waals surface area (Å²) in [7, 11) is 0. The van der Waals surface area contributed by atoms with E-state index in [0.29, 0.717) is 19.7 Å². The zero-order valence-corrected chi connectivity index (χ0v) is 10.1. The summed E-state index contributed by atoms with van der Waals surface area (Å²) >= 11 is 0. The molecule has 3 N–H and O–H groups in total. The van der Waals surface area contributed by atoms with E-state index in [9.17, 15) is 4.79 Å². The smallest absolute Gasteiger partial charge is 0.246 e. The van der Waals surface area contributed by atoms with Crippen molar-refractivity contribution in [3.05, 3.63) is 0 Å². The lowest BCUT2D eigenvalue weighted by atomic mass is 9.89. The number of amides is 1. The number of hydrogen-bond donors (Lipinski definition) is 2. The maximum absolute atomic E-state index is 11.3. The van der Waals surface area contributed by atoms with Crippen molar-refractivity contribution in [2.24, 2.45) is 11.1 Å². The Bertz CT molecular complexity index is 181. The Hall–Kier alpha value is -0.610. The van der Waals surface area contributed by atoms with Crippen molar-refractivity contribution in [3.8, 4) is 0 Å².